The Bertz CT molecular complexity index is 571. The van der Waals surface area contributed by atoms with Crippen molar-refractivity contribution < 1.29 is 0 Å². The fourth-order valence-corrected chi connectivity index (χ4v) is 9.05. The number of halogens is 4. The molecule has 0 heterocycles. The number of fused-ring (bicyclic) bond motifs is 7. The van der Waals surface area contributed by atoms with Crippen molar-refractivity contribution in [3.63, 3.8) is 0 Å². The third-order valence-electron chi connectivity index (χ3n) is 7.92. The van der Waals surface area contributed by atoms with Crippen molar-refractivity contribution >= 4 is 46.4 Å². The zero-order valence-electron chi connectivity index (χ0n) is 11.0. The van der Waals surface area contributed by atoms with E-state index in [9.17, 15) is 0 Å². The first-order valence-electron chi connectivity index (χ1n) is 7.84. The molecule has 0 aromatic heterocycles. The van der Waals surface area contributed by atoms with Gasteiger partial charge < -0.3 is 0 Å². The highest BCUT2D eigenvalue weighted by Gasteiger charge is 2.90. The van der Waals surface area contributed by atoms with E-state index < -0.39 is 4.33 Å². The Balaban J connectivity index is 1.56. The van der Waals surface area contributed by atoms with E-state index >= 15 is 0 Å². The second kappa shape index (κ2) is 3.10. The summed E-state index contributed by atoms with van der Waals surface area (Å²) in [6, 6.07) is 0. The first-order chi connectivity index (χ1) is 9.45. The molecule has 108 valence electrons. The molecule has 0 aromatic rings. The summed E-state index contributed by atoms with van der Waals surface area (Å²) in [5.74, 6) is 3.65. The minimum absolute atomic E-state index is 0.0421. The second-order valence-electron chi connectivity index (χ2n) is 8.25. The van der Waals surface area contributed by atoms with Crippen LogP contribution in [0.15, 0.2) is 11.1 Å². The van der Waals surface area contributed by atoms with Crippen LogP contribution < -0.4 is 0 Å². The molecule has 0 saturated heterocycles. The third-order valence-corrected chi connectivity index (χ3v) is 9.88. The molecule has 2 bridgehead atoms. The molecule has 2 spiro atoms. The number of hydrogen-bond acceptors (Lipinski definition) is 0. The fourth-order valence-electron chi connectivity index (χ4n) is 7.18. The Hall–Kier alpha value is 0.900. The van der Waals surface area contributed by atoms with Gasteiger partial charge in [0.25, 0.3) is 0 Å². The van der Waals surface area contributed by atoms with E-state index in [-0.39, 0.29) is 5.38 Å². The average Bonchev–Trinajstić information content (AvgIpc) is 3.23. The lowest BCUT2D eigenvalue weighted by atomic mass is 9.72. The molecule has 6 aliphatic rings. The topological polar surface area (TPSA) is 0 Å². The molecule has 5 fully saturated rings. The highest BCUT2D eigenvalue weighted by molar-refractivity contribution is 6.51. The van der Waals surface area contributed by atoms with Gasteiger partial charge in [-0.2, -0.15) is 0 Å². The normalized spacial score (nSPS) is 60.2. The van der Waals surface area contributed by atoms with Crippen molar-refractivity contribution in [2.24, 2.45) is 46.3 Å². The largest absolute Gasteiger partial charge is 0.125 e. The maximum absolute atomic E-state index is 6.77. The van der Waals surface area contributed by atoms with Crippen molar-refractivity contribution in [2.45, 2.75) is 35.4 Å². The molecule has 6 rings (SSSR count). The minimum atomic E-state index is -0.451. The van der Waals surface area contributed by atoms with Gasteiger partial charge in [0.05, 0.1) is 5.38 Å². The SMILES string of the molecule is ClC1=C[C@H]2[C@@H]3[C@H]4[C@@H](C4(Cl)Cl)C4(CC4)[C@H]3[C@@H]([C@H]1Cl)C21CC1. The maximum atomic E-state index is 6.77. The predicted octanol–water partition coefficient (Wildman–Crippen LogP) is 5.20. The van der Waals surface area contributed by atoms with Crippen LogP contribution in [0.5, 0.6) is 0 Å². The van der Waals surface area contributed by atoms with Gasteiger partial charge in [0, 0.05) is 16.9 Å². The van der Waals surface area contributed by atoms with Crippen LogP contribution in [0.4, 0.5) is 0 Å². The van der Waals surface area contributed by atoms with E-state index in [2.05, 4.69) is 6.08 Å². The van der Waals surface area contributed by atoms with Gasteiger partial charge in [0.1, 0.15) is 4.33 Å². The van der Waals surface area contributed by atoms with Crippen molar-refractivity contribution in [1.29, 1.82) is 0 Å². The van der Waals surface area contributed by atoms with Gasteiger partial charge in [0.15, 0.2) is 0 Å². The van der Waals surface area contributed by atoms with Gasteiger partial charge in [-0.15, -0.1) is 34.8 Å². The number of rotatable bonds is 0. The van der Waals surface area contributed by atoms with Crippen molar-refractivity contribution in [3.05, 3.63) is 11.1 Å². The third kappa shape index (κ3) is 1.02. The monoisotopic (exact) mass is 348 g/mol. The second-order valence-corrected chi connectivity index (χ2v) is 10.6. The van der Waals surface area contributed by atoms with Gasteiger partial charge in [-0.1, -0.05) is 17.7 Å². The summed E-state index contributed by atoms with van der Waals surface area (Å²) in [4.78, 5) is 0. The lowest BCUT2D eigenvalue weighted by Crippen LogP contribution is -2.35. The van der Waals surface area contributed by atoms with Crippen LogP contribution in [0, 0.1) is 46.3 Å². The van der Waals surface area contributed by atoms with E-state index in [1.807, 2.05) is 0 Å². The van der Waals surface area contributed by atoms with E-state index in [1.54, 1.807) is 0 Å². The van der Waals surface area contributed by atoms with Crippen LogP contribution in [0.2, 0.25) is 0 Å². The summed E-state index contributed by atoms with van der Waals surface area (Å²) < 4.78 is -0.451. The van der Waals surface area contributed by atoms with Crippen molar-refractivity contribution in [2.75, 3.05) is 0 Å². The molecule has 0 nitrogen and oxygen atoms in total. The van der Waals surface area contributed by atoms with Gasteiger partial charge in [-0.25, -0.2) is 0 Å². The Morgan fingerprint density at radius 3 is 2.20 bits per heavy atom. The van der Waals surface area contributed by atoms with Crippen LogP contribution in [-0.2, 0) is 0 Å². The number of allylic oxidation sites excluding steroid dienone is 2. The molecule has 20 heavy (non-hydrogen) atoms. The van der Waals surface area contributed by atoms with Crippen molar-refractivity contribution in [1.82, 2.24) is 0 Å². The Labute approximate surface area is 139 Å². The van der Waals surface area contributed by atoms with E-state index in [0.29, 0.717) is 40.4 Å². The molecule has 0 N–H and O–H groups in total. The smallest absolute Gasteiger partial charge is 0.117 e. The molecule has 0 aromatic carbocycles. The number of hydrogen-bond donors (Lipinski definition) is 0. The molecule has 7 atom stereocenters. The zero-order chi connectivity index (χ0) is 13.7. The van der Waals surface area contributed by atoms with Crippen LogP contribution in [-0.4, -0.2) is 9.71 Å². The molecule has 5 saturated carbocycles. The van der Waals surface area contributed by atoms with Gasteiger partial charge in [-0.05, 0) is 60.2 Å². The summed E-state index contributed by atoms with van der Waals surface area (Å²) >= 11 is 26.6. The molecule has 0 aliphatic heterocycles. The summed E-state index contributed by atoms with van der Waals surface area (Å²) in [6.07, 6.45) is 7.61. The Kier molecular flexibility index (Phi) is 1.91. The lowest BCUT2D eigenvalue weighted by molar-refractivity contribution is 0.182. The predicted molar refractivity (Wildman–Crippen MR) is 82.3 cm³/mol. The van der Waals surface area contributed by atoms with Crippen LogP contribution in [0.1, 0.15) is 25.7 Å². The molecule has 4 heteroatoms. The zero-order valence-corrected chi connectivity index (χ0v) is 14.0. The minimum Gasteiger partial charge on any atom is -0.117 e. The molecule has 0 radical (unpaired) electrons. The highest BCUT2D eigenvalue weighted by atomic mass is 35.5. The molecule has 0 unspecified atom stereocenters. The highest BCUT2D eigenvalue weighted by Crippen LogP contribution is 2.92. The first kappa shape index (κ1) is 12.3. The van der Waals surface area contributed by atoms with Gasteiger partial charge in [-0.3, -0.25) is 0 Å². The Morgan fingerprint density at radius 1 is 0.950 bits per heavy atom. The Morgan fingerprint density at radius 2 is 1.60 bits per heavy atom. The van der Waals surface area contributed by atoms with Crippen molar-refractivity contribution in [3.8, 4) is 0 Å². The summed E-state index contributed by atoms with van der Waals surface area (Å²) in [5.41, 5.74) is 0.892. The summed E-state index contributed by atoms with van der Waals surface area (Å²) in [7, 11) is 0. The summed E-state index contributed by atoms with van der Waals surface area (Å²) in [5, 5.41) is 0.941. The summed E-state index contributed by atoms with van der Waals surface area (Å²) in [6.45, 7) is 0. The first-order valence-corrected chi connectivity index (χ1v) is 9.41. The molecular formula is C16H16Cl4. The molecule has 6 aliphatic carbocycles. The van der Waals surface area contributed by atoms with Crippen LogP contribution in [0.25, 0.3) is 0 Å². The lowest BCUT2D eigenvalue weighted by Gasteiger charge is -2.36. The van der Waals surface area contributed by atoms with E-state index in [0.717, 1.165) is 11.0 Å². The van der Waals surface area contributed by atoms with Gasteiger partial charge in [0.2, 0.25) is 0 Å². The molecule has 0 amide bonds. The number of alkyl halides is 3. The van der Waals surface area contributed by atoms with Crippen LogP contribution in [0.3, 0.4) is 0 Å². The maximum Gasteiger partial charge on any atom is 0.125 e. The standard InChI is InChI=1S/C16H16Cl4/c17-7-5-6-8-9(11(12(7)18)14(6)1-2-14)15(3-4-15)13-10(8)16(13,19)20/h5-6,8-13H,1-4H2/t6-,8-,9+,10-,11-,12-,13+/m0/s1. The van der Waals surface area contributed by atoms with E-state index in [4.69, 9.17) is 46.4 Å². The average molecular weight is 350 g/mol. The van der Waals surface area contributed by atoms with Gasteiger partial charge >= 0.3 is 0 Å². The quantitative estimate of drug-likeness (QED) is 0.527. The van der Waals surface area contributed by atoms with E-state index in [1.165, 1.54) is 25.7 Å². The van der Waals surface area contributed by atoms with Crippen LogP contribution >= 0.6 is 46.4 Å². The molecular weight excluding hydrogens is 334 g/mol. The fraction of sp³-hybridized carbons (Fsp3) is 0.875.